The Hall–Kier alpha value is -0.0800. The molecule has 1 fully saturated rings. The summed E-state index contributed by atoms with van der Waals surface area (Å²) in [4.78, 5) is 0. The zero-order valence-corrected chi connectivity index (χ0v) is 11.9. The Kier molecular flexibility index (Phi) is 7.14. The molecule has 0 aromatic heterocycles. The maximum Gasteiger partial charge on any atom is 0.0431 e. The minimum Gasteiger partial charge on any atom is -0.396 e. The Balaban J connectivity index is 2.26. The lowest BCUT2D eigenvalue weighted by Crippen LogP contribution is -2.43. The number of hydrogen-bond donors (Lipinski definition) is 2. The molecule has 2 nitrogen and oxygen atoms in total. The van der Waals surface area contributed by atoms with Crippen LogP contribution in [-0.2, 0) is 0 Å². The predicted molar refractivity (Wildman–Crippen MR) is 74.1 cm³/mol. The van der Waals surface area contributed by atoms with E-state index < -0.39 is 0 Å². The number of rotatable bonds is 7. The number of aliphatic hydroxyl groups is 1. The third-order valence-corrected chi connectivity index (χ3v) is 4.26. The molecule has 3 atom stereocenters. The molecule has 0 spiro atoms. The second-order valence-electron chi connectivity index (χ2n) is 6.17. The van der Waals surface area contributed by atoms with E-state index in [1.807, 2.05) is 0 Å². The van der Waals surface area contributed by atoms with E-state index in [4.69, 9.17) is 5.11 Å². The molecule has 0 saturated heterocycles. The van der Waals surface area contributed by atoms with Gasteiger partial charge < -0.3 is 10.4 Å². The van der Waals surface area contributed by atoms with Gasteiger partial charge in [-0.05, 0) is 56.4 Å². The van der Waals surface area contributed by atoms with Crippen molar-refractivity contribution < 1.29 is 5.11 Å². The first-order valence-corrected chi connectivity index (χ1v) is 7.49. The highest BCUT2D eigenvalue weighted by Gasteiger charge is 2.29. The highest BCUT2D eigenvalue weighted by molar-refractivity contribution is 4.85. The van der Waals surface area contributed by atoms with Crippen LogP contribution >= 0.6 is 0 Å². The van der Waals surface area contributed by atoms with E-state index in [2.05, 4.69) is 26.1 Å². The van der Waals surface area contributed by atoms with Gasteiger partial charge in [-0.15, -0.1) is 0 Å². The van der Waals surface area contributed by atoms with Gasteiger partial charge in [0.25, 0.3) is 0 Å². The Morgan fingerprint density at radius 2 is 1.94 bits per heavy atom. The average molecular weight is 241 g/mol. The van der Waals surface area contributed by atoms with Gasteiger partial charge in [-0.25, -0.2) is 0 Å². The first kappa shape index (κ1) is 15.0. The minimum atomic E-state index is 0.342. The SMILES string of the molecule is CC1CCC(C(C)C)C(NCCCCCO)C1. The Morgan fingerprint density at radius 1 is 1.18 bits per heavy atom. The Labute approximate surface area is 107 Å². The van der Waals surface area contributed by atoms with Gasteiger partial charge in [-0.3, -0.25) is 0 Å². The maximum absolute atomic E-state index is 8.74. The number of hydrogen-bond acceptors (Lipinski definition) is 2. The molecular formula is C15H31NO. The fraction of sp³-hybridized carbons (Fsp3) is 1.00. The summed E-state index contributed by atoms with van der Waals surface area (Å²) >= 11 is 0. The molecule has 2 N–H and O–H groups in total. The van der Waals surface area contributed by atoms with Crippen LogP contribution in [-0.4, -0.2) is 24.3 Å². The quantitative estimate of drug-likeness (QED) is 0.671. The number of aliphatic hydroxyl groups excluding tert-OH is 1. The van der Waals surface area contributed by atoms with Gasteiger partial charge in [0.15, 0.2) is 0 Å². The Morgan fingerprint density at radius 3 is 2.59 bits per heavy atom. The predicted octanol–water partition coefficient (Wildman–Crippen LogP) is 3.20. The standard InChI is InChI=1S/C15H31NO/c1-12(2)14-8-7-13(3)11-15(14)16-9-5-4-6-10-17/h12-17H,4-11H2,1-3H3. The highest BCUT2D eigenvalue weighted by Crippen LogP contribution is 2.33. The van der Waals surface area contributed by atoms with Crippen LogP contribution in [0.3, 0.4) is 0 Å². The van der Waals surface area contributed by atoms with Crippen molar-refractivity contribution in [3.63, 3.8) is 0 Å². The van der Waals surface area contributed by atoms with Gasteiger partial charge in [-0.1, -0.05) is 27.2 Å². The molecule has 1 saturated carbocycles. The normalized spacial score (nSPS) is 29.8. The van der Waals surface area contributed by atoms with Crippen LogP contribution in [0.4, 0.5) is 0 Å². The van der Waals surface area contributed by atoms with Crippen LogP contribution in [0.5, 0.6) is 0 Å². The summed E-state index contributed by atoms with van der Waals surface area (Å²) in [5.74, 6) is 2.56. The molecule has 1 aliphatic rings. The van der Waals surface area contributed by atoms with E-state index in [0.29, 0.717) is 6.61 Å². The molecule has 2 heteroatoms. The minimum absolute atomic E-state index is 0.342. The van der Waals surface area contributed by atoms with E-state index in [1.165, 1.54) is 25.7 Å². The molecule has 3 unspecified atom stereocenters. The number of nitrogens with one attached hydrogen (secondary N) is 1. The van der Waals surface area contributed by atoms with Crippen molar-refractivity contribution in [2.24, 2.45) is 17.8 Å². The van der Waals surface area contributed by atoms with E-state index >= 15 is 0 Å². The third-order valence-electron chi connectivity index (χ3n) is 4.26. The van der Waals surface area contributed by atoms with Gasteiger partial charge in [0, 0.05) is 12.6 Å². The molecule has 17 heavy (non-hydrogen) atoms. The van der Waals surface area contributed by atoms with Crippen molar-refractivity contribution >= 4 is 0 Å². The van der Waals surface area contributed by atoms with Crippen molar-refractivity contribution in [3.8, 4) is 0 Å². The molecular weight excluding hydrogens is 210 g/mol. The molecule has 0 aromatic carbocycles. The van der Waals surface area contributed by atoms with E-state index in [9.17, 15) is 0 Å². The topological polar surface area (TPSA) is 32.3 Å². The fourth-order valence-electron chi connectivity index (χ4n) is 3.14. The van der Waals surface area contributed by atoms with Crippen LogP contribution in [0.25, 0.3) is 0 Å². The molecule has 0 amide bonds. The van der Waals surface area contributed by atoms with Gasteiger partial charge in [0.05, 0.1) is 0 Å². The molecule has 1 aliphatic carbocycles. The summed E-state index contributed by atoms with van der Waals surface area (Å²) in [6.07, 6.45) is 7.46. The van der Waals surface area contributed by atoms with Crippen LogP contribution < -0.4 is 5.32 Å². The lowest BCUT2D eigenvalue weighted by molar-refractivity contribution is 0.169. The average Bonchev–Trinajstić information content (AvgIpc) is 2.28. The first-order valence-electron chi connectivity index (χ1n) is 7.49. The second-order valence-corrected chi connectivity index (χ2v) is 6.17. The van der Waals surface area contributed by atoms with Gasteiger partial charge in [0.2, 0.25) is 0 Å². The maximum atomic E-state index is 8.74. The lowest BCUT2D eigenvalue weighted by Gasteiger charge is -2.38. The van der Waals surface area contributed by atoms with Gasteiger partial charge in [-0.2, -0.15) is 0 Å². The third kappa shape index (κ3) is 5.39. The summed E-state index contributed by atoms with van der Waals surface area (Å²) in [6, 6.07) is 0.730. The van der Waals surface area contributed by atoms with Crippen LogP contribution in [0.2, 0.25) is 0 Å². The summed E-state index contributed by atoms with van der Waals surface area (Å²) in [7, 11) is 0. The molecule has 0 radical (unpaired) electrons. The zero-order valence-electron chi connectivity index (χ0n) is 11.9. The number of unbranched alkanes of at least 4 members (excludes halogenated alkanes) is 2. The zero-order chi connectivity index (χ0) is 12.7. The van der Waals surface area contributed by atoms with Crippen molar-refractivity contribution in [1.82, 2.24) is 5.32 Å². The smallest absolute Gasteiger partial charge is 0.0431 e. The largest absolute Gasteiger partial charge is 0.396 e. The monoisotopic (exact) mass is 241 g/mol. The highest BCUT2D eigenvalue weighted by atomic mass is 16.2. The fourth-order valence-corrected chi connectivity index (χ4v) is 3.14. The van der Waals surface area contributed by atoms with E-state index in [-0.39, 0.29) is 0 Å². The molecule has 1 rings (SSSR count). The van der Waals surface area contributed by atoms with Crippen molar-refractivity contribution in [1.29, 1.82) is 0 Å². The van der Waals surface area contributed by atoms with E-state index in [0.717, 1.165) is 43.2 Å². The lowest BCUT2D eigenvalue weighted by atomic mass is 9.74. The van der Waals surface area contributed by atoms with E-state index in [1.54, 1.807) is 0 Å². The Bertz CT molecular complexity index is 193. The van der Waals surface area contributed by atoms with Crippen LogP contribution in [0, 0.1) is 17.8 Å². The first-order chi connectivity index (χ1) is 8.15. The van der Waals surface area contributed by atoms with Gasteiger partial charge >= 0.3 is 0 Å². The van der Waals surface area contributed by atoms with Crippen molar-refractivity contribution in [3.05, 3.63) is 0 Å². The van der Waals surface area contributed by atoms with Crippen LogP contribution in [0.1, 0.15) is 59.3 Å². The molecule has 0 aromatic rings. The summed E-state index contributed by atoms with van der Waals surface area (Å²) in [5.41, 5.74) is 0. The summed E-state index contributed by atoms with van der Waals surface area (Å²) in [6.45, 7) is 8.58. The van der Waals surface area contributed by atoms with Gasteiger partial charge in [0.1, 0.15) is 0 Å². The molecule has 0 bridgehead atoms. The van der Waals surface area contributed by atoms with Crippen molar-refractivity contribution in [2.45, 2.75) is 65.3 Å². The van der Waals surface area contributed by atoms with Crippen molar-refractivity contribution in [2.75, 3.05) is 13.2 Å². The van der Waals surface area contributed by atoms with Crippen LogP contribution in [0.15, 0.2) is 0 Å². The summed E-state index contributed by atoms with van der Waals surface area (Å²) in [5, 5.41) is 12.5. The molecule has 0 heterocycles. The second kappa shape index (κ2) is 8.10. The molecule has 0 aliphatic heterocycles. The molecule has 102 valence electrons. The summed E-state index contributed by atoms with van der Waals surface area (Å²) < 4.78 is 0.